The fourth-order valence-corrected chi connectivity index (χ4v) is 3.60. The van der Waals surface area contributed by atoms with Gasteiger partial charge in [0.1, 0.15) is 21.6 Å². The first-order chi connectivity index (χ1) is 13.7. The molecule has 0 fully saturated rings. The van der Waals surface area contributed by atoms with Gasteiger partial charge in [-0.1, -0.05) is 0 Å². The lowest BCUT2D eigenvalue weighted by molar-refractivity contribution is -0.140. The first-order valence-corrected chi connectivity index (χ1v) is 9.59. The minimum atomic E-state index is -1.16. The summed E-state index contributed by atoms with van der Waals surface area (Å²) in [5.74, 6) is -3.16. The lowest BCUT2D eigenvalue weighted by Gasteiger charge is -2.12. The van der Waals surface area contributed by atoms with Gasteiger partial charge in [-0.25, -0.2) is 19.1 Å². The predicted octanol–water partition coefficient (Wildman–Crippen LogP) is 2.50. The molecule has 0 spiro atoms. The van der Waals surface area contributed by atoms with Gasteiger partial charge in [0.15, 0.2) is 0 Å². The molecule has 11 heteroatoms. The molecule has 1 unspecified atom stereocenters. The van der Waals surface area contributed by atoms with Gasteiger partial charge >= 0.3 is 17.9 Å². The Morgan fingerprint density at radius 1 is 1.21 bits per heavy atom. The number of amides is 1. The Balaban J connectivity index is 2.44. The fourth-order valence-electron chi connectivity index (χ4n) is 2.52. The van der Waals surface area contributed by atoms with Crippen molar-refractivity contribution in [3.63, 3.8) is 0 Å². The smallest absolute Gasteiger partial charge is 0.348 e. The van der Waals surface area contributed by atoms with E-state index in [4.69, 9.17) is 9.47 Å². The van der Waals surface area contributed by atoms with Gasteiger partial charge in [-0.05, 0) is 39.3 Å². The number of carboxylic acids is 1. The second-order valence-electron chi connectivity index (χ2n) is 5.83. The number of hydrogen-bond donors (Lipinski definition) is 2. The zero-order valence-electron chi connectivity index (χ0n) is 16.3. The number of hydrogen-bond acceptors (Lipinski definition) is 8. The van der Waals surface area contributed by atoms with Crippen LogP contribution in [0.25, 0.3) is 0 Å². The van der Waals surface area contributed by atoms with Crippen molar-refractivity contribution in [3.8, 4) is 0 Å². The Kier molecular flexibility index (Phi) is 7.10. The summed E-state index contributed by atoms with van der Waals surface area (Å²) in [6.45, 7) is 6.49. The highest BCUT2D eigenvalue weighted by Crippen LogP contribution is 2.34. The molecule has 2 heterocycles. The van der Waals surface area contributed by atoms with E-state index in [1.54, 1.807) is 20.8 Å². The van der Waals surface area contributed by atoms with Crippen molar-refractivity contribution in [1.29, 1.82) is 0 Å². The largest absolute Gasteiger partial charge is 0.480 e. The summed E-state index contributed by atoms with van der Waals surface area (Å²) in [7, 11) is 0. The maximum atomic E-state index is 12.7. The van der Waals surface area contributed by atoms with Crippen LogP contribution in [-0.4, -0.2) is 51.9 Å². The van der Waals surface area contributed by atoms with E-state index in [-0.39, 0.29) is 34.3 Å². The van der Waals surface area contributed by atoms with Crippen LogP contribution in [0.1, 0.15) is 62.9 Å². The monoisotopic (exact) mass is 423 g/mol. The molecule has 1 amide bonds. The molecule has 2 rings (SSSR count). The van der Waals surface area contributed by atoms with Gasteiger partial charge in [0, 0.05) is 6.20 Å². The number of nitrogens with one attached hydrogen (secondary N) is 1. The van der Waals surface area contributed by atoms with Crippen LogP contribution in [-0.2, 0) is 14.3 Å². The SMILES string of the molecule is CCOC(=O)c1sc(NC(=O)c2ccnn2C(C)C(=O)O)c(C(=O)OCC)c1C. The van der Waals surface area contributed by atoms with Gasteiger partial charge in [0.05, 0.1) is 18.8 Å². The highest BCUT2D eigenvalue weighted by Gasteiger charge is 2.29. The van der Waals surface area contributed by atoms with Crippen molar-refractivity contribution in [1.82, 2.24) is 9.78 Å². The van der Waals surface area contributed by atoms with Crippen LogP contribution < -0.4 is 5.32 Å². The molecule has 2 aromatic rings. The molecule has 0 aliphatic rings. The molecule has 0 aliphatic carbocycles. The fraction of sp³-hybridized carbons (Fsp3) is 0.389. The van der Waals surface area contributed by atoms with Gasteiger partial charge in [0.25, 0.3) is 5.91 Å². The quantitative estimate of drug-likeness (QED) is 0.618. The summed E-state index contributed by atoms with van der Waals surface area (Å²) >= 11 is 0.881. The lowest BCUT2D eigenvalue weighted by Crippen LogP contribution is -2.24. The molecule has 10 nitrogen and oxygen atoms in total. The van der Waals surface area contributed by atoms with Gasteiger partial charge < -0.3 is 19.9 Å². The number of esters is 2. The molecule has 0 bridgehead atoms. The first kappa shape index (κ1) is 22.1. The molecule has 1 atom stereocenters. The average molecular weight is 423 g/mol. The topological polar surface area (TPSA) is 137 Å². The molecule has 0 radical (unpaired) electrons. The molecule has 29 heavy (non-hydrogen) atoms. The predicted molar refractivity (Wildman–Crippen MR) is 103 cm³/mol. The summed E-state index contributed by atoms with van der Waals surface area (Å²) in [5.41, 5.74) is 0.360. The summed E-state index contributed by atoms with van der Waals surface area (Å²) in [6.07, 6.45) is 1.30. The number of aromatic nitrogens is 2. The minimum Gasteiger partial charge on any atom is -0.480 e. The number of nitrogens with zero attached hydrogens (tertiary/aromatic N) is 2. The number of carboxylic acid groups (broad SMARTS) is 1. The van der Waals surface area contributed by atoms with Gasteiger partial charge in [-0.3, -0.25) is 4.79 Å². The first-order valence-electron chi connectivity index (χ1n) is 8.78. The van der Waals surface area contributed by atoms with E-state index < -0.39 is 29.9 Å². The molecule has 0 aromatic carbocycles. The Morgan fingerprint density at radius 3 is 2.41 bits per heavy atom. The van der Waals surface area contributed by atoms with E-state index in [0.29, 0.717) is 5.56 Å². The van der Waals surface area contributed by atoms with E-state index >= 15 is 0 Å². The second kappa shape index (κ2) is 9.32. The Morgan fingerprint density at radius 2 is 1.83 bits per heavy atom. The van der Waals surface area contributed by atoms with Crippen LogP contribution in [0.5, 0.6) is 0 Å². The normalized spacial score (nSPS) is 11.6. The number of rotatable bonds is 8. The van der Waals surface area contributed by atoms with Crippen molar-refractivity contribution in [3.05, 3.63) is 34.0 Å². The standard InChI is InChI=1S/C18H21N3O7S/c1-5-27-17(25)12-9(3)13(18(26)28-6-2)29-15(12)20-14(22)11-7-8-19-21(11)10(4)16(23)24/h7-8,10H,5-6H2,1-4H3,(H,20,22)(H,23,24). The van der Waals surface area contributed by atoms with E-state index in [9.17, 15) is 24.3 Å². The van der Waals surface area contributed by atoms with Crippen LogP contribution in [0.3, 0.4) is 0 Å². The van der Waals surface area contributed by atoms with Crippen LogP contribution >= 0.6 is 11.3 Å². The molecule has 156 valence electrons. The Labute approximate surface area is 170 Å². The van der Waals surface area contributed by atoms with E-state index in [2.05, 4.69) is 10.4 Å². The van der Waals surface area contributed by atoms with E-state index in [1.165, 1.54) is 19.2 Å². The molecule has 0 saturated carbocycles. The maximum Gasteiger partial charge on any atom is 0.348 e. The second-order valence-corrected chi connectivity index (χ2v) is 6.85. The van der Waals surface area contributed by atoms with Crippen LogP contribution in [0.15, 0.2) is 12.3 Å². The maximum absolute atomic E-state index is 12.7. The Hall–Kier alpha value is -3.21. The van der Waals surface area contributed by atoms with Crippen molar-refractivity contribution >= 4 is 40.2 Å². The van der Waals surface area contributed by atoms with E-state index in [0.717, 1.165) is 16.0 Å². The Bertz CT molecular complexity index is 947. The number of thiophene rings is 1. The highest BCUT2D eigenvalue weighted by molar-refractivity contribution is 7.18. The molecule has 0 saturated heterocycles. The molecule has 2 aromatic heterocycles. The van der Waals surface area contributed by atoms with E-state index in [1.807, 2.05) is 0 Å². The summed E-state index contributed by atoms with van der Waals surface area (Å²) < 4.78 is 11.1. The van der Waals surface area contributed by atoms with Crippen LogP contribution in [0.4, 0.5) is 5.00 Å². The lowest BCUT2D eigenvalue weighted by atomic mass is 10.1. The van der Waals surface area contributed by atoms with Crippen LogP contribution in [0, 0.1) is 6.92 Å². The summed E-state index contributed by atoms with van der Waals surface area (Å²) in [4.78, 5) is 48.7. The number of carbonyl (C=O) groups is 4. The molecular formula is C18H21N3O7S. The van der Waals surface area contributed by atoms with Crippen molar-refractivity contribution < 1.29 is 33.8 Å². The van der Waals surface area contributed by atoms with Crippen molar-refractivity contribution in [2.24, 2.45) is 0 Å². The van der Waals surface area contributed by atoms with Gasteiger partial charge in [-0.15, -0.1) is 11.3 Å². The third-order valence-electron chi connectivity index (χ3n) is 3.94. The highest BCUT2D eigenvalue weighted by atomic mass is 32.1. The molecular weight excluding hydrogens is 402 g/mol. The third kappa shape index (κ3) is 4.62. The zero-order chi connectivity index (χ0) is 21.7. The minimum absolute atomic E-state index is 0.0153. The van der Waals surface area contributed by atoms with Gasteiger partial charge in [0.2, 0.25) is 0 Å². The zero-order valence-corrected chi connectivity index (χ0v) is 17.2. The summed E-state index contributed by atoms with van der Waals surface area (Å²) in [5, 5.41) is 15.7. The van der Waals surface area contributed by atoms with Gasteiger partial charge in [-0.2, -0.15) is 5.10 Å². The average Bonchev–Trinajstić information content (AvgIpc) is 3.26. The number of anilines is 1. The van der Waals surface area contributed by atoms with Crippen LogP contribution in [0.2, 0.25) is 0 Å². The molecule has 2 N–H and O–H groups in total. The van der Waals surface area contributed by atoms with Crippen molar-refractivity contribution in [2.75, 3.05) is 18.5 Å². The molecule has 0 aliphatic heterocycles. The number of aliphatic carboxylic acids is 1. The third-order valence-corrected chi connectivity index (χ3v) is 5.13. The summed E-state index contributed by atoms with van der Waals surface area (Å²) in [6, 6.07) is 0.279. The number of ether oxygens (including phenoxy) is 2. The number of carbonyl (C=O) groups excluding carboxylic acids is 3. The van der Waals surface area contributed by atoms with Crippen molar-refractivity contribution in [2.45, 2.75) is 33.7 Å².